The van der Waals surface area contributed by atoms with Crippen molar-refractivity contribution in [2.45, 2.75) is 76.9 Å². The number of aliphatic carboxylic acids is 1. The number of rotatable bonds is 10. The van der Waals surface area contributed by atoms with E-state index in [0.717, 1.165) is 55.4 Å². The second-order valence-corrected chi connectivity index (χ2v) is 11.5. The van der Waals surface area contributed by atoms with Crippen LogP contribution in [0.1, 0.15) is 67.2 Å². The molecule has 3 atom stereocenters. The zero-order valence-corrected chi connectivity index (χ0v) is 23.0. The summed E-state index contributed by atoms with van der Waals surface area (Å²) in [5.74, 6) is 0.105. The number of carboxylic acid groups (broad SMARTS) is 1. The highest BCUT2D eigenvalue weighted by Gasteiger charge is 2.39. The highest BCUT2D eigenvalue weighted by Crippen LogP contribution is 2.48. The molecule has 11 heteroatoms. The summed E-state index contributed by atoms with van der Waals surface area (Å²) in [5, 5.41) is 13.2. The molecule has 41 heavy (non-hydrogen) atoms. The first-order valence-corrected chi connectivity index (χ1v) is 14.2. The lowest BCUT2D eigenvalue weighted by molar-refractivity contribution is -0.275. The van der Waals surface area contributed by atoms with E-state index in [4.69, 9.17) is 10.3 Å². The Morgan fingerprint density at radius 1 is 1.17 bits per heavy atom. The zero-order valence-electron chi connectivity index (χ0n) is 23.0. The van der Waals surface area contributed by atoms with Crippen LogP contribution < -0.4 is 9.47 Å². The maximum Gasteiger partial charge on any atom is 0.573 e. The monoisotopic (exact) mass is 572 g/mol. The molecular weight excluding hydrogens is 537 g/mol. The van der Waals surface area contributed by atoms with Crippen molar-refractivity contribution in [3.8, 4) is 11.5 Å². The normalized spacial score (nSPS) is 21.2. The summed E-state index contributed by atoms with van der Waals surface area (Å²) in [6.07, 6.45) is 0.883. The maximum absolute atomic E-state index is 13.0. The first kappa shape index (κ1) is 29.1. The Kier molecular flexibility index (Phi) is 8.66. The van der Waals surface area contributed by atoms with E-state index in [2.05, 4.69) is 37.9 Å². The van der Waals surface area contributed by atoms with Crippen LogP contribution in [0.4, 0.5) is 13.2 Å². The number of fused-ring (bicyclic) bond motifs is 1. The van der Waals surface area contributed by atoms with Crippen LogP contribution in [-0.2, 0) is 24.3 Å². The van der Waals surface area contributed by atoms with Crippen LogP contribution in [0, 0.1) is 17.8 Å². The number of ether oxygens (including phenoxy) is 2. The highest BCUT2D eigenvalue weighted by molar-refractivity contribution is 5.71. The van der Waals surface area contributed by atoms with Gasteiger partial charge in [-0.1, -0.05) is 36.3 Å². The van der Waals surface area contributed by atoms with Crippen LogP contribution in [-0.4, -0.2) is 41.5 Å². The molecule has 2 heterocycles. The lowest BCUT2D eigenvalue weighted by Gasteiger charge is -2.38. The first-order valence-electron chi connectivity index (χ1n) is 14.2. The van der Waals surface area contributed by atoms with Crippen molar-refractivity contribution in [2.75, 3.05) is 13.1 Å². The summed E-state index contributed by atoms with van der Waals surface area (Å²) in [5.41, 5.74) is 11.8. The van der Waals surface area contributed by atoms with E-state index in [1.807, 2.05) is 0 Å². The zero-order chi connectivity index (χ0) is 29.1. The Morgan fingerprint density at radius 2 is 1.93 bits per heavy atom. The maximum atomic E-state index is 13.0. The van der Waals surface area contributed by atoms with Crippen LogP contribution in [0.3, 0.4) is 0 Å². The molecule has 1 unspecified atom stereocenters. The molecule has 2 aromatic rings. The third-order valence-electron chi connectivity index (χ3n) is 8.73. The van der Waals surface area contributed by atoms with Crippen molar-refractivity contribution < 1.29 is 32.5 Å². The number of halogens is 3. The van der Waals surface area contributed by atoms with Gasteiger partial charge in [0.05, 0.1) is 12.5 Å². The van der Waals surface area contributed by atoms with Crippen LogP contribution in [0.5, 0.6) is 11.5 Å². The molecular formula is C30H35F3N4O4. The summed E-state index contributed by atoms with van der Waals surface area (Å²) in [6, 6.07) is 10.6. The predicted octanol–water partition coefficient (Wildman–Crippen LogP) is 7.22. The SMILES string of the molecule is C[C@H](C(=O)O)[C@H](c1ccc2c(c1)OC(C1CCN(Cc3cc(CN=[N+]=[N-])ccc3OC(F)(F)F)CC1)CC2)C1CC1. The van der Waals surface area contributed by atoms with Crippen molar-refractivity contribution in [1.29, 1.82) is 0 Å². The number of likely N-dealkylation sites (tertiary alicyclic amines) is 1. The molecule has 0 radical (unpaired) electrons. The Labute approximate surface area is 237 Å². The van der Waals surface area contributed by atoms with E-state index in [1.165, 1.54) is 12.1 Å². The predicted molar refractivity (Wildman–Crippen MR) is 145 cm³/mol. The van der Waals surface area contributed by atoms with Crippen LogP contribution in [0.2, 0.25) is 0 Å². The van der Waals surface area contributed by atoms with Gasteiger partial charge in [-0.2, -0.15) is 0 Å². The Hall–Kier alpha value is -3.43. The van der Waals surface area contributed by atoms with Crippen LogP contribution in [0.15, 0.2) is 41.5 Å². The number of nitrogens with zero attached hydrogens (tertiary/aromatic N) is 4. The molecule has 2 aliphatic heterocycles. The number of aryl methyl sites for hydroxylation is 1. The summed E-state index contributed by atoms with van der Waals surface area (Å²) in [4.78, 5) is 16.6. The van der Waals surface area contributed by atoms with Gasteiger partial charge in [0.15, 0.2) is 0 Å². The van der Waals surface area contributed by atoms with Gasteiger partial charge < -0.3 is 14.6 Å². The number of alkyl halides is 3. The Morgan fingerprint density at radius 3 is 2.59 bits per heavy atom. The molecule has 2 fully saturated rings. The number of carbonyl (C=O) groups is 1. The minimum atomic E-state index is -4.80. The first-order chi connectivity index (χ1) is 19.6. The number of benzene rings is 2. The topological polar surface area (TPSA) is 108 Å². The van der Waals surface area contributed by atoms with Crippen LogP contribution in [0.25, 0.3) is 10.4 Å². The fourth-order valence-corrected chi connectivity index (χ4v) is 6.44. The van der Waals surface area contributed by atoms with Crippen molar-refractivity contribution in [3.63, 3.8) is 0 Å². The van der Waals surface area contributed by atoms with Gasteiger partial charge in [0, 0.05) is 17.0 Å². The number of hydrogen-bond donors (Lipinski definition) is 1. The third kappa shape index (κ3) is 7.26. The average Bonchev–Trinajstić information content (AvgIpc) is 3.77. The molecule has 220 valence electrons. The van der Waals surface area contributed by atoms with E-state index >= 15 is 0 Å². The Bertz CT molecular complexity index is 1300. The van der Waals surface area contributed by atoms with Crippen molar-refractivity contribution in [1.82, 2.24) is 4.90 Å². The lowest BCUT2D eigenvalue weighted by Crippen LogP contribution is -2.40. The average molecular weight is 573 g/mol. The van der Waals surface area contributed by atoms with E-state index in [1.54, 1.807) is 13.0 Å². The molecule has 3 aliphatic rings. The minimum Gasteiger partial charge on any atom is -0.490 e. The van der Waals surface area contributed by atoms with Gasteiger partial charge in [-0.05, 0) is 104 Å². The molecule has 1 aliphatic carbocycles. The highest BCUT2D eigenvalue weighted by atomic mass is 19.4. The minimum absolute atomic E-state index is 0.0126. The standard InChI is InChI=1S/C30H35F3N4O4/c1-18(29(38)39)28(22-4-5-22)23-6-3-20-7-9-25(40-27(20)15-23)21-10-12-37(13-11-21)17-24-14-19(16-35-36-34)2-8-26(24)41-30(31,32)33/h2-3,6,8,14-15,18,21-22,25,28H,4-5,7,9-13,16-17H2,1H3,(H,38,39)/t18-,25?,28-/m0/s1. The largest absolute Gasteiger partial charge is 0.573 e. The van der Waals surface area contributed by atoms with E-state index in [0.29, 0.717) is 42.6 Å². The van der Waals surface area contributed by atoms with Crippen molar-refractivity contribution in [3.05, 3.63) is 69.1 Å². The molecule has 1 N–H and O–H groups in total. The van der Waals surface area contributed by atoms with Gasteiger partial charge >= 0.3 is 12.3 Å². The van der Waals surface area contributed by atoms with Crippen LogP contribution >= 0.6 is 0 Å². The van der Waals surface area contributed by atoms with E-state index < -0.39 is 18.2 Å². The van der Waals surface area contributed by atoms with E-state index in [-0.39, 0.29) is 24.3 Å². The molecule has 5 rings (SSSR count). The summed E-state index contributed by atoms with van der Waals surface area (Å²) in [7, 11) is 0. The van der Waals surface area contributed by atoms with Gasteiger partial charge in [0.1, 0.15) is 17.6 Å². The molecule has 0 amide bonds. The van der Waals surface area contributed by atoms with Gasteiger partial charge in [-0.25, -0.2) is 0 Å². The smallest absolute Gasteiger partial charge is 0.490 e. The lowest BCUT2D eigenvalue weighted by atomic mass is 9.81. The Balaban J connectivity index is 1.22. The second-order valence-electron chi connectivity index (χ2n) is 11.5. The summed E-state index contributed by atoms with van der Waals surface area (Å²) < 4.78 is 49.8. The fraction of sp³-hybridized carbons (Fsp3) is 0.567. The van der Waals surface area contributed by atoms with Crippen molar-refractivity contribution in [2.24, 2.45) is 22.9 Å². The molecule has 1 saturated heterocycles. The fourth-order valence-electron chi connectivity index (χ4n) is 6.44. The quantitative estimate of drug-likeness (QED) is 0.184. The van der Waals surface area contributed by atoms with Gasteiger partial charge in [-0.15, -0.1) is 13.2 Å². The molecule has 2 aromatic carbocycles. The van der Waals surface area contributed by atoms with Gasteiger partial charge in [0.2, 0.25) is 0 Å². The second kappa shape index (κ2) is 12.2. The molecule has 0 aromatic heterocycles. The third-order valence-corrected chi connectivity index (χ3v) is 8.73. The molecule has 1 saturated carbocycles. The summed E-state index contributed by atoms with van der Waals surface area (Å²) >= 11 is 0. The number of piperidine rings is 1. The van der Waals surface area contributed by atoms with Gasteiger partial charge in [-0.3, -0.25) is 9.69 Å². The molecule has 8 nitrogen and oxygen atoms in total. The molecule has 0 bridgehead atoms. The van der Waals surface area contributed by atoms with E-state index in [9.17, 15) is 23.1 Å². The summed E-state index contributed by atoms with van der Waals surface area (Å²) in [6.45, 7) is 3.56. The number of azide groups is 1. The number of hydrogen-bond acceptors (Lipinski definition) is 5. The molecule has 0 spiro atoms. The van der Waals surface area contributed by atoms with Gasteiger partial charge in [0.25, 0.3) is 0 Å². The number of carboxylic acids is 1. The van der Waals surface area contributed by atoms with Crippen molar-refractivity contribution >= 4 is 5.97 Å².